The summed E-state index contributed by atoms with van der Waals surface area (Å²) < 4.78 is 0. The van der Waals surface area contributed by atoms with E-state index in [0.29, 0.717) is 11.4 Å². The fourth-order valence-electron chi connectivity index (χ4n) is 2.17. The van der Waals surface area contributed by atoms with Crippen LogP contribution in [0.5, 0.6) is 0 Å². The van der Waals surface area contributed by atoms with Crippen LogP contribution in [0.3, 0.4) is 0 Å². The van der Waals surface area contributed by atoms with E-state index in [2.05, 4.69) is 22.3 Å². The van der Waals surface area contributed by atoms with Gasteiger partial charge in [-0.05, 0) is 30.3 Å². The summed E-state index contributed by atoms with van der Waals surface area (Å²) in [6, 6.07) is 19.0. The molecule has 0 unspecified atom stereocenters. The molecular formula is C18H11N3. The second kappa shape index (κ2) is 5.36. The van der Waals surface area contributed by atoms with Gasteiger partial charge in [-0.15, -0.1) is 6.42 Å². The zero-order valence-electron chi connectivity index (χ0n) is 11.2. The Morgan fingerprint density at radius 1 is 1.05 bits per heavy atom. The molecule has 0 fully saturated rings. The molecule has 0 bridgehead atoms. The first-order valence-corrected chi connectivity index (χ1v) is 6.44. The number of hydrogen-bond acceptors (Lipinski definition) is 3. The Labute approximate surface area is 122 Å². The fourth-order valence-corrected chi connectivity index (χ4v) is 2.17. The number of nitriles is 1. The molecule has 1 aromatic heterocycles. The van der Waals surface area contributed by atoms with Crippen molar-refractivity contribution >= 4 is 22.4 Å². The molecule has 2 aromatic carbocycles. The summed E-state index contributed by atoms with van der Waals surface area (Å²) in [7, 11) is 0. The molecule has 0 atom stereocenters. The Morgan fingerprint density at radius 2 is 1.90 bits per heavy atom. The van der Waals surface area contributed by atoms with Crippen LogP contribution in [0.4, 0.5) is 11.5 Å². The SMILES string of the molecule is C#Cc1cccc(Nc2cc(C#N)c3ccccc3n2)c1. The third-order valence-electron chi connectivity index (χ3n) is 3.14. The quantitative estimate of drug-likeness (QED) is 0.719. The highest BCUT2D eigenvalue weighted by atomic mass is 15.0. The van der Waals surface area contributed by atoms with Gasteiger partial charge in [-0.2, -0.15) is 5.26 Å². The van der Waals surface area contributed by atoms with Gasteiger partial charge in [0, 0.05) is 16.6 Å². The lowest BCUT2D eigenvalue weighted by Gasteiger charge is -2.08. The van der Waals surface area contributed by atoms with Crippen LogP contribution in [0.1, 0.15) is 11.1 Å². The molecule has 3 nitrogen and oxygen atoms in total. The Morgan fingerprint density at radius 3 is 2.71 bits per heavy atom. The number of rotatable bonds is 2. The van der Waals surface area contributed by atoms with Crippen molar-refractivity contribution in [2.45, 2.75) is 0 Å². The number of anilines is 2. The number of terminal acetylenes is 1. The Kier molecular flexibility index (Phi) is 3.25. The summed E-state index contributed by atoms with van der Waals surface area (Å²) >= 11 is 0. The van der Waals surface area contributed by atoms with Crippen molar-refractivity contribution in [3.8, 4) is 18.4 Å². The van der Waals surface area contributed by atoms with Crippen molar-refractivity contribution in [2.75, 3.05) is 5.32 Å². The van der Waals surface area contributed by atoms with Gasteiger partial charge in [0.05, 0.1) is 17.1 Å². The van der Waals surface area contributed by atoms with Crippen molar-refractivity contribution < 1.29 is 0 Å². The summed E-state index contributed by atoms with van der Waals surface area (Å²) in [6.45, 7) is 0. The molecule has 0 amide bonds. The van der Waals surface area contributed by atoms with Gasteiger partial charge >= 0.3 is 0 Å². The Hall–Kier alpha value is -3.30. The number of benzene rings is 2. The third-order valence-corrected chi connectivity index (χ3v) is 3.14. The Bertz CT molecular complexity index is 898. The molecular weight excluding hydrogens is 258 g/mol. The van der Waals surface area contributed by atoms with Crippen molar-refractivity contribution in [3.05, 3.63) is 65.7 Å². The second-order valence-electron chi connectivity index (χ2n) is 4.53. The molecule has 0 saturated heterocycles. The van der Waals surface area contributed by atoms with Crippen LogP contribution in [-0.4, -0.2) is 4.98 Å². The van der Waals surface area contributed by atoms with E-state index in [9.17, 15) is 5.26 Å². The molecule has 1 N–H and O–H groups in total. The molecule has 0 spiro atoms. The molecule has 3 heteroatoms. The second-order valence-corrected chi connectivity index (χ2v) is 4.53. The molecule has 21 heavy (non-hydrogen) atoms. The Balaban J connectivity index is 2.05. The predicted molar refractivity (Wildman–Crippen MR) is 84.1 cm³/mol. The molecule has 3 rings (SSSR count). The average molecular weight is 269 g/mol. The number of fused-ring (bicyclic) bond motifs is 1. The topological polar surface area (TPSA) is 48.7 Å². The minimum absolute atomic E-state index is 0.594. The number of para-hydroxylation sites is 1. The van der Waals surface area contributed by atoms with E-state index in [1.807, 2.05) is 48.5 Å². The third kappa shape index (κ3) is 2.54. The van der Waals surface area contributed by atoms with Gasteiger partial charge in [0.1, 0.15) is 5.82 Å². The van der Waals surface area contributed by atoms with Crippen molar-refractivity contribution in [2.24, 2.45) is 0 Å². The van der Waals surface area contributed by atoms with Gasteiger partial charge in [-0.3, -0.25) is 0 Å². The van der Waals surface area contributed by atoms with Crippen molar-refractivity contribution in [3.63, 3.8) is 0 Å². The lowest BCUT2D eigenvalue weighted by molar-refractivity contribution is 1.36. The van der Waals surface area contributed by atoms with E-state index < -0.39 is 0 Å². The van der Waals surface area contributed by atoms with E-state index in [1.54, 1.807) is 6.07 Å². The standard InChI is InChI=1S/C18H11N3/c1-2-13-6-5-7-15(10-13)20-18-11-14(12-19)16-8-3-4-9-17(16)21-18/h1,3-11H,(H,20,21). The van der Waals surface area contributed by atoms with Crippen LogP contribution >= 0.6 is 0 Å². The molecule has 0 saturated carbocycles. The lowest BCUT2D eigenvalue weighted by Crippen LogP contribution is -1.96. The normalized spacial score (nSPS) is 9.81. The molecule has 98 valence electrons. The maximum atomic E-state index is 9.28. The summed E-state index contributed by atoms with van der Waals surface area (Å²) in [5, 5.41) is 13.3. The first kappa shape index (κ1) is 12.7. The number of nitrogens with one attached hydrogen (secondary N) is 1. The monoisotopic (exact) mass is 269 g/mol. The number of nitrogens with zero attached hydrogens (tertiary/aromatic N) is 2. The molecule has 0 aliphatic heterocycles. The lowest BCUT2D eigenvalue weighted by atomic mass is 10.1. The highest BCUT2D eigenvalue weighted by Crippen LogP contribution is 2.22. The van der Waals surface area contributed by atoms with Crippen LogP contribution in [0.25, 0.3) is 10.9 Å². The van der Waals surface area contributed by atoms with Crippen LogP contribution in [0.2, 0.25) is 0 Å². The van der Waals surface area contributed by atoms with Gasteiger partial charge < -0.3 is 5.32 Å². The fraction of sp³-hybridized carbons (Fsp3) is 0. The summed E-state index contributed by atoms with van der Waals surface area (Å²) in [5.74, 6) is 3.22. The minimum Gasteiger partial charge on any atom is -0.340 e. The van der Waals surface area contributed by atoms with Crippen LogP contribution < -0.4 is 5.32 Å². The predicted octanol–water partition coefficient (Wildman–Crippen LogP) is 3.83. The van der Waals surface area contributed by atoms with E-state index in [4.69, 9.17) is 6.42 Å². The molecule has 3 aromatic rings. The molecule has 1 heterocycles. The number of aromatic nitrogens is 1. The number of hydrogen-bond donors (Lipinski definition) is 1. The van der Waals surface area contributed by atoms with Gasteiger partial charge in [0.25, 0.3) is 0 Å². The largest absolute Gasteiger partial charge is 0.340 e. The van der Waals surface area contributed by atoms with Crippen molar-refractivity contribution in [1.29, 1.82) is 5.26 Å². The minimum atomic E-state index is 0.594. The van der Waals surface area contributed by atoms with Crippen molar-refractivity contribution in [1.82, 2.24) is 4.98 Å². The van der Waals surface area contributed by atoms with E-state index in [1.165, 1.54) is 0 Å². The maximum Gasteiger partial charge on any atom is 0.132 e. The maximum absolute atomic E-state index is 9.28. The highest BCUT2D eigenvalue weighted by Gasteiger charge is 2.05. The molecule has 0 aliphatic rings. The van der Waals surface area contributed by atoms with Gasteiger partial charge in [0.15, 0.2) is 0 Å². The molecule has 0 radical (unpaired) electrons. The van der Waals surface area contributed by atoms with Gasteiger partial charge in [0.2, 0.25) is 0 Å². The average Bonchev–Trinajstić information content (AvgIpc) is 2.54. The summed E-state index contributed by atoms with van der Waals surface area (Å²) in [6.07, 6.45) is 5.40. The zero-order valence-corrected chi connectivity index (χ0v) is 11.2. The van der Waals surface area contributed by atoms with Crippen LogP contribution in [0, 0.1) is 23.7 Å². The first-order chi connectivity index (χ1) is 10.3. The van der Waals surface area contributed by atoms with Crippen LogP contribution in [-0.2, 0) is 0 Å². The number of pyridine rings is 1. The summed E-state index contributed by atoms with van der Waals surface area (Å²) in [4.78, 5) is 4.52. The molecule has 0 aliphatic carbocycles. The summed E-state index contributed by atoms with van der Waals surface area (Å²) in [5.41, 5.74) is 3.02. The van der Waals surface area contributed by atoms with E-state index in [-0.39, 0.29) is 0 Å². The van der Waals surface area contributed by atoms with Gasteiger partial charge in [-0.1, -0.05) is 30.2 Å². The first-order valence-electron chi connectivity index (χ1n) is 6.44. The van der Waals surface area contributed by atoms with Crippen LogP contribution in [0.15, 0.2) is 54.6 Å². The van der Waals surface area contributed by atoms with E-state index >= 15 is 0 Å². The smallest absolute Gasteiger partial charge is 0.132 e. The van der Waals surface area contributed by atoms with Gasteiger partial charge in [-0.25, -0.2) is 4.98 Å². The zero-order chi connectivity index (χ0) is 14.7. The highest BCUT2D eigenvalue weighted by molar-refractivity contribution is 5.86. The van der Waals surface area contributed by atoms with E-state index in [0.717, 1.165) is 22.2 Å².